The molecule has 1 heterocycles. The first kappa shape index (κ1) is 11.5. The highest BCUT2D eigenvalue weighted by atomic mass is 16.4. The van der Waals surface area contributed by atoms with Crippen LogP contribution in [0.3, 0.4) is 0 Å². The van der Waals surface area contributed by atoms with Gasteiger partial charge in [-0.3, -0.25) is 0 Å². The van der Waals surface area contributed by atoms with Crippen molar-refractivity contribution in [1.29, 1.82) is 0 Å². The van der Waals surface area contributed by atoms with Gasteiger partial charge in [0.05, 0.1) is 5.56 Å². The van der Waals surface area contributed by atoms with Crippen LogP contribution in [0.4, 0.5) is 0 Å². The molecule has 0 atom stereocenters. The van der Waals surface area contributed by atoms with Crippen LogP contribution in [0, 0.1) is 6.92 Å². The lowest BCUT2D eigenvalue weighted by atomic mass is 10.1. The summed E-state index contributed by atoms with van der Waals surface area (Å²) in [6.07, 6.45) is 0. The van der Waals surface area contributed by atoms with Crippen molar-refractivity contribution in [3.8, 4) is 11.5 Å². The Morgan fingerprint density at radius 1 is 1.16 bits per heavy atom. The van der Waals surface area contributed by atoms with E-state index in [-0.39, 0.29) is 5.56 Å². The highest BCUT2D eigenvalue weighted by molar-refractivity contribution is 5.88. The zero-order valence-corrected chi connectivity index (χ0v) is 10.3. The number of carbonyl (C=O) groups is 1. The molecule has 4 nitrogen and oxygen atoms in total. The van der Waals surface area contributed by atoms with E-state index in [1.54, 1.807) is 24.3 Å². The maximum absolute atomic E-state index is 10.8. The standard InChI is InChI=1S/C15H11NO3/c1-9-3-2-4-12-13(9)16-14(19-12)10-5-7-11(8-6-10)15(17)18/h2-8H,1H3,(H,17,18). The van der Waals surface area contributed by atoms with Crippen molar-refractivity contribution in [2.45, 2.75) is 6.92 Å². The number of benzene rings is 2. The van der Waals surface area contributed by atoms with E-state index < -0.39 is 5.97 Å². The fourth-order valence-corrected chi connectivity index (χ4v) is 1.97. The third-order valence-corrected chi connectivity index (χ3v) is 3.00. The van der Waals surface area contributed by atoms with E-state index in [4.69, 9.17) is 9.52 Å². The Morgan fingerprint density at radius 3 is 2.53 bits per heavy atom. The molecular weight excluding hydrogens is 242 g/mol. The minimum Gasteiger partial charge on any atom is -0.478 e. The molecule has 94 valence electrons. The second-order valence-corrected chi connectivity index (χ2v) is 4.32. The summed E-state index contributed by atoms with van der Waals surface area (Å²) in [5.74, 6) is -0.443. The first-order valence-corrected chi connectivity index (χ1v) is 5.85. The van der Waals surface area contributed by atoms with Crippen molar-refractivity contribution in [2.75, 3.05) is 0 Å². The number of carboxylic acids is 1. The maximum Gasteiger partial charge on any atom is 0.335 e. The lowest BCUT2D eigenvalue weighted by Crippen LogP contribution is -1.94. The molecule has 2 aromatic carbocycles. The van der Waals surface area contributed by atoms with E-state index in [2.05, 4.69) is 4.98 Å². The van der Waals surface area contributed by atoms with E-state index in [9.17, 15) is 4.79 Å². The van der Waals surface area contributed by atoms with Crippen LogP contribution in [0.25, 0.3) is 22.6 Å². The second-order valence-electron chi connectivity index (χ2n) is 4.32. The Bertz CT molecular complexity index is 757. The van der Waals surface area contributed by atoms with Gasteiger partial charge in [0.25, 0.3) is 0 Å². The van der Waals surface area contributed by atoms with Gasteiger partial charge in [-0.2, -0.15) is 0 Å². The smallest absolute Gasteiger partial charge is 0.335 e. The van der Waals surface area contributed by atoms with Gasteiger partial charge in [0.1, 0.15) is 5.52 Å². The molecule has 3 aromatic rings. The van der Waals surface area contributed by atoms with Crippen LogP contribution >= 0.6 is 0 Å². The molecule has 1 aromatic heterocycles. The number of hydrogen-bond donors (Lipinski definition) is 1. The number of para-hydroxylation sites is 1. The van der Waals surface area contributed by atoms with E-state index in [0.29, 0.717) is 5.89 Å². The van der Waals surface area contributed by atoms with Gasteiger partial charge < -0.3 is 9.52 Å². The summed E-state index contributed by atoms with van der Waals surface area (Å²) >= 11 is 0. The average Bonchev–Trinajstić information content (AvgIpc) is 2.84. The van der Waals surface area contributed by atoms with Gasteiger partial charge in [-0.25, -0.2) is 9.78 Å². The number of carboxylic acid groups (broad SMARTS) is 1. The summed E-state index contributed by atoms with van der Waals surface area (Å²) in [4.78, 5) is 15.2. The topological polar surface area (TPSA) is 63.3 Å². The third kappa shape index (κ3) is 1.97. The number of aromatic nitrogens is 1. The number of oxazole rings is 1. The quantitative estimate of drug-likeness (QED) is 0.759. The molecule has 0 unspecified atom stereocenters. The molecule has 0 aliphatic rings. The fraction of sp³-hybridized carbons (Fsp3) is 0.0667. The summed E-state index contributed by atoms with van der Waals surface area (Å²) in [7, 11) is 0. The van der Waals surface area contributed by atoms with Crippen LogP contribution in [0.2, 0.25) is 0 Å². The molecular formula is C15H11NO3. The Morgan fingerprint density at radius 2 is 1.89 bits per heavy atom. The molecule has 0 bridgehead atoms. The van der Waals surface area contributed by atoms with Crippen LogP contribution < -0.4 is 0 Å². The van der Waals surface area contributed by atoms with Gasteiger partial charge in [0, 0.05) is 5.56 Å². The molecule has 0 saturated carbocycles. The monoisotopic (exact) mass is 253 g/mol. The predicted molar refractivity (Wildman–Crippen MR) is 71.1 cm³/mol. The molecule has 0 aliphatic heterocycles. The Labute approximate surface area is 109 Å². The summed E-state index contributed by atoms with van der Waals surface area (Å²) in [5, 5.41) is 8.86. The molecule has 0 aliphatic carbocycles. The first-order chi connectivity index (χ1) is 9.15. The van der Waals surface area contributed by atoms with Gasteiger partial charge in [-0.15, -0.1) is 0 Å². The van der Waals surface area contributed by atoms with Gasteiger partial charge in [-0.1, -0.05) is 12.1 Å². The predicted octanol–water partition coefficient (Wildman–Crippen LogP) is 3.50. The van der Waals surface area contributed by atoms with Gasteiger partial charge >= 0.3 is 5.97 Å². The molecule has 19 heavy (non-hydrogen) atoms. The molecule has 1 N–H and O–H groups in total. The maximum atomic E-state index is 10.8. The molecule has 3 rings (SSSR count). The van der Waals surface area contributed by atoms with Crippen molar-refractivity contribution in [2.24, 2.45) is 0 Å². The number of fused-ring (bicyclic) bond motifs is 1. The van der Waals surface area contributed by atoms with Crippen molar-refractivity contribution in [3.63, 3.8) is 0 Å². The fourth-order valence-electron chi connectivity index (χ4n) is 1.97. The average molecular weight is 253 g/mol. The number of aromatic carboxylic acids is 1. The SMILES string of the molecule is Cc1cccc2oc(-c3ccc(C(=O)O)cc3)nc12. The van der Waals surface area contributed by atoms with Gasteiger partial charge in [0.2, 0.25) is 5.89 Å². The molecule has 4 heteroatoms. The van der Waals surface area contributed by atoms with Crippen LogP contribution in [0.1, 0.15) is 15.9 Å². The Hall–Kier alpha value is -2.62. The highest BCUT2D eigenvalue weighted by Crippen LogP contribution is 2.26. The Balaban J connectivity index is 2.09. The van der Waals surface area contributed by atoms with Crippen LogP contribution in [-0.4, -0.2) is 16.1 Å². The number of rotatable bonds is 2. The highest BCUT2D eigenvalue weighted by Gasteiger charge is 2.10. The lowest BCUT2D eigenvalue weighted by molar-refractivity contribution is 0.0697. The number of aryl methyl sites for hydroxylation is 1. The summed E-state index contributed by atoms with van der Waals surface area (Å²) in [6.45, 7) is 1.97. The van der Waals surface area contributed by atoms with Crippen molar-refractivity contribution >= 4 is 17.1 Å². The molecule has 0 radical (unpaired) electrons. The van der Waals surface area contributed by atoms with Crippen LogP contribution in [0.15, 0.2) is 46.9 Å². The zero-order chi connectivity index (χ0) is 13.4. The zero-order valence-electron chi connectivity index (χ0n) is 10.3. The normalized spacial score (nSPS) is 10.8. The van der Waals surface area contributed by atoms with Crippen LogP contribution in [0.5, 0.6) is 0 Å². The van der Waals surface area contributed by atoms with Crippen molar-refractivity contribution < 1.29 is 14.3 Å². The largest absolute Gasteiger partial charge is 0.478 e. The van der Waals surface area contributed by atoms with E-state index in [1.165, 1.54) is 0 Å². The molecule has 0 fully saturated rings. The number of nitrogens with zero attached hydrogens (tertiary/aromatic N) is 1. The molecule has 0 saturated heterocycles. The minimum atomic E-state index is -0.944. The van der Waals surface area contributed by atoms with E-state index >= 15 is 0 Å². The van der Waals surface area contributed by atoms with E-state index in [1.807, 2.05) is 25.1 Å². The molecule has 0 spiro atoms. The molecule has 0 amide bonds. The van der Waals surface area contributed by atoms with Crippen molar-refractivity contribution in [1.82, 2.24) is 4.98 Å². The summed E-state index contributed by atoms with van der Waals surface area (Å²) in [6, 6.07) is 12.2. The minimum absolute atomic E-state index is 0.246. The third-order valence-electron chi connectivity index (χ3n) is 3.00. The van der Waals surface area contributed by atoms with Gasteiger partial charge in [0.15, 0.2) is 5.58 Å². The summed E-state index contributed by atoms with van der Waals surface area (Å²) < 4.78 is 5.68. The van der Waals surface area contributed by atoms with E-state index in [0.717, 1.165) is 22.2 Å². The Kier molecular flexibility index (Phi) is 2.56. The lowest BCUT2D eigenvalue weighted by Gasteiger charge is -1.96. The van der Waals surface area contributed by atoms with Crippen molar-refractivity contribution in [3.05, 3.63) is 53.6 Å². The first-order valence-electron chi connectivity index (χ1n) is 5.85. The number of hydrogen-bond acceptors (Lipinski definition) is 3. The van der Waals surface area contributed by atoms with Crippen LogP contribution in [-0.2, 0) is 0 Å². The summed E-state index contributed by atoms with van der Waals surface area (Å²) in [5.41, 5.74) is 3.63. The van der Waals surface area contributed by atoms with Gasteiger partial charge in [-0.05, 0) is 42.8 Å². The second kappa shape index (κ2) is 4.24.